The molecule has 0 bridgehead atoms. The highest BCUT2D eigenvalue weighted by Gasteiger charge is 2.30. The molecular formula is C14H16N2O. The number of benzene rings is 1. The van der Waals surface area contributed by atoms with E-state index in [0.29, 0.717) is 0 Å². The van der Waals surface area contributed by atoms with Crippen LogP contribution in [0.5, 0.6) is 0 Å². The van der Waals surface area contributed by atoms with E-state index < -0.39 is 5.60 Å². The second-order valence-corrected chi connectivity index (χ2v) is 4.37. The number of allylic oxidation sites excluding steroid dienone is 1. The first-order valence-electron chi connectivity index (χ1n) is 5.84. The highest BCUT2D eigenvalue weighted by atomic mass is 16.3. The highest BCUT2D eigenvalue weighted by molar-refractivity contribution is 5.52. The minimum atomic E-state index is -0.692. The van der Waals surface area contributed by atoms with Crippen LogP contribution in [0.3, 0.4) is 0 Å². The molecule has 2 N–H and O–H groups in total. The van der Waals surface area contributed by atoms with Crippen LogP contribution in [0.4, 0.5) is 0 Å². The minimum Gasteiger partial charge on any atom is -0.385 e. The Balaban J connectivity index is 2.17. The Hall–Kier alpha value is -1.63. The van der Waals surface area contributed by atoms with Gasteiger partial charge >= 0.3 is 0 Å². The third-order valence-electron chi connectivity index (χ3n) is 3.23. The summed E-state index contributed by atoms with van der Waals surface area (Å²) in [5.41, 5.74) is 1.25. The molecule has 0 amide bonds. The van der Waals surface area contributed by atoms with Gasteiger partial charge in [0.1, 0.15) is 0 Å². The van der Waals surface area contributed by atoms with Gasteiger partial charge in [0.25, 0.3) is 0 Å². The minimum absolute atomic E-state index is 0.692. The number of aliphatic hydroxyl groups is 1. The van der Waals surface area contributed by atoms with Gasteiger partial charge in [-0.2, -0.15) is 5.26 Å². The lowest BCUT2D eigenvalue weighted by Gasteiger charge is -2.33. The lowest BCUT2D eigenvalue weighted by molar-refractivity contribution is 0.00594. The van der Waals surface area contributed by atoms with Gasteiger partial charge in [0.15, 0.2) is 0 Å². The molecule has 0 aliphatic carbocycles. The van der Waals surface area contributed by atoms with Gasteiger partial charge < -0.3 is 10.4 Å². The topological polar surface area (TPSA) is 56.0 Å². The predicted molar refractivity (Wildman–Crippen MR) is 67.1 cm³/mol. The Bertz CT molecular complexity index is 436. The van der Waals surface area contributed by atoms with Crippen molar-refractivity contribution in [1.29, 1.82) is 5.26 Å². The Morgan fingerprint density at radius 1 is 1.24 bits per heavy atom. The van der Waals surface area contributed by atoms with Crippen LogP contribution in [-0.2, 0) is 5.60 Å². The molecule has 1 aliphatic rings. The second-order valence-electron chi connectivity index (χ2n) is 4.37. The van der Waals surface area contributed by atoms with Crippen LogP contribution in [0.25, 0.3) is 6.08 Å². The van der Waals surface area contributed by atoms with Crippen LogP contribution in [-0.4, -0.2) is 18.2 Å². The Labute approximate surface area is 101 Å². The van der Waals surface area contributed by atoms with E-state index in [2.05, 4.69) is 5.32 Å². The van der Waals surface area contributed by atoms with Crippen molar-refractivity contribution in [2.24, 2.45) is 0 Å². The molecule has 0 radical (unpaired) electrons. The summed E-state index contributed by atoms with van der Waals surface area (Å²) < 4.78 is 0. The van der Waals surface area contributed by atoms with Crippen molar-refractivity contribution in [3.63, 3.8) is 0 Å². The summed E-state index contributed by atoms with van der Waals surface area (Å²) in [4.78, 5) is 0. The Morgan fingerprint density at radius 3 is 2.47 bits per heavy atom. The molecule has 0 aromatic heterocycles. The maximum absolute atomic E-state index is 10.5. The molecule has 1 aromatic rings. The highest BCUT2D eigenvalue weighted by Crippen LogP contribution is 2.30. The lowest BCUT2D eigenvalue weighted by Crippen LogP contribution is -2.39. The molecular weight excluding hydrogens is 212 g/mol. The maximum atomic E-state index is 10.5. The molecule has 1 heterocycles. The fourth-order valence-corrected chi connectivity index (χ4v) is 2.17. The molecule has 0 atom stereocenters. The van der Waals surface area contributed by atoms with Crippen molar-refractivity contribution in [1.82, 2.24) is 5.32 Å². The second kappa shape index (κ2) is 5.13. The van der Waals surface area contributed by atoms with E-state index in [9.17, 15) is 5.11 Å². The summed E-state index contributed by atoms with van der Waals surface area (Å²) in [6.07, 6.45) is 4.71. The van der Waals surface area contributed by atoms with Crippen molar-refractivity contribution in [2.45, 2.75) is 18.4 Å². The third-order valence-corrected chi connectivity index (χ3v) is 3.23. The van der Waals surface area contributed by atoms with E-state index in [0.717, 1.165) is 37.1 Å². The Morgan fingerprint density at radius 2 is 1.88 bits per heavy atom. The average molecular weight is 228 g/mol. The molecule has 0 saturated carbocycles. The molecule has 1 fully saturated rings. The van der Waals surface area contributed by atoms with E-state index in [1.165, 1.54) is 6.08 Å². The van der Waals surface area contributed by atoms with Crippen LogP contribution in [0.1, 0.15) is 24.0 Å². The molecule has 2 rings (SSSR count). The summed E-state index contributed by atoms with van der Waals surface area (Å²) in [6.45, 7) is 1.71. The van der Waals surface area contributed by atoms with E-state index in [4.69, 9.17) is 5.26 Å². The number of nitrogens with zero attached hydrogens (tertiary/aromatic N) is 1. The summed E-state index contributed by atoms with van der Waals surface area (Å²) in [7, 11) is 0. The van der Waals surface area contributed by atoms with Crippen LogP contribution in [0.2, 0.25) is 0 Å². The van der Waals surface area contributed by atoms with Gasteiger partial charge in [-0.15, -0.1) is 0 Å². The average Bonchev–Trinajstić information content (AvgIpc) is 2.38. The van der Waals surface area contributed by atoms with Gasteiger partial charge in [0, 0.05) is 6.08 Å². The third kappa shape index (κ3) is 2.73. The lowest BCUT2D eigenvalue weighted by atomic mass is 9.85. The fraction of sp³-hybridized carbons (Fsp3) is 0.357. The van der Waals surface area contributed by atoms with E-state index in [-0.39, 0.29) is 0 Å². The van der Waals surface area contributed by atoms with Gasteiger partial charge in [-0.05, 0) is 43.1 Å². The van der Waals surface area contributed by atoms with Crippen molar-refractivity contribution in [3.05, 3.63) is 41.5 Å². The van der Waals surface area contributed by atoms with Crippen LogP contribution in [0, 0.1) is 11.3 Å². The first kappa shape index (κ1) is 11.8. The first-order valence-corrected chi connectivity index (χ1v) is 5.84. The van der Waals surface area contributed by atoms with Crippen LogP contribution >= 0.6 is 0 Å². The van der Waals surface area contributed by atoms with Crippen molar-refractivity contribution in [2.75, 3.05) is 13.1 Å². The van der Waals surface area contributed by atoms with Gasteiger partial charge in [-0.25, -0.2) is 0 Å². The monoisotopic (exact) mass is 228 g/mol. The van der Waals surface area contributed by atoms with Crippen molar-refractivity contribution >= 4 is 6.08 Å². The first-order chi connectivity index (χ1) is 8.24. The van der Waals surface area contributed by atoms with Gasteiger partial charge in [0.05, 0.1) is 11.7 Å². The zero-order valence-electron chi connectivity index (χ0n) is 9.69. The number of nitrogens with one attached hydrogen (secondary N) is 1. The van der Waals surface area contributed by atoms with Crippen LogP contribution < -0.4 is 5.32 Å². The standard InChI is InChI=1S/C14H16N2O/c15-9-1-2-12-3-5-13(6-4-12)14(17)7-10-16-11-8-14/h1-6,16-17H,7-8,10-11H2. The largest absolute Gasteiger partial charge is 0.385 e. The molecule has 1 aromatic carbocycles. The summed E-state index contributed by atoms with van der Waals surface area (Å²) in [5.74, 6) is 0. The van der Waals surface area contributed by atoms with Crippen LogP contribution in [0.15, 0.2) is 30.3 Å². The zero-order valence-corrected chi connectivity index (χ0v) is 9.69. The Kier molecular flexibility index (Phi) is 3.58. The van der Waals surface area contributed by atoms with E-state index in [1.807, 2.05) is 30.3 Å². The molecule has 1 aliphatic heterocycles. The summed E-state index contributed by atoms with van der Waals surface area (Å²) in [6, 6.07) is 9.72. The number of hydrogen-bond donors (Lipinski definition) is 2. The molecule has 1 saturated heterocycles. The quantitative estimate of drug-likeness (QED) is 0.759. The normalized spacial score (nSPS) is 19.1. The SMILES string of the molecule is N#CC=Cc1ccc(C2(O)CCNCC2)cc1. The van der Waals surface area contributed by atoms with Gasteiger partial charge in [-0.3, -0.25) is 0 Å². The fourth-order valence-electron chi connectivity index (χ4n) is 2.17. The number of rotatable bonds is 2. The summed E-state index contributed by atoms with van der Waals surface area (Å²) in [5, 5.41) is 22.2. The number of piperidine rings is 1. The van der Waals surface area contributed by atoms with Crippen molar-refractivity contribution in [3.8, 4) is 6.07 Å². The van der Waals surface area contributed by atoms with Gasteiger partial charge in [0.2, 0.25) is 0 Å². The predicted octanol–water partition coefficient (Wildman–Crippen LogP) is 1.79. The summed E-state index contributed by atoms with van der Waals surface area (Å²) >= 11 is 0. The van der Waals surface area contributed by atoms with Gasteiger partial charge in [-0.1, -0.05) is 24.3 Å². The molecule has 3 heteroatoms. The molecule has 0 spiro atoms. The molecule has 0 unspecified atom stereocenters. The maximum Gasteiger partial charge on any atom is 0.0920 e. The smallest absolute Gasteiger partial charge is 0.0920 e. The van der Waals surface area contributed by atoms with E-state index in [1.54, 1.807) is 6.08 Å². The molecule has 17 heavy (non-hydrogen) atoms. The van der Waals surface area contributed by atoms with Crippen molar-refractivity contribution < 1.29 is 5.11 Å². The zero-order chi connectivity index (χ0) is 12.1. The molecule has 88 valence electrons. The molecule has 3 nitrogen and oxygen atoms in total. The number of nitriles is 1. The van der Waals surface area contributed by atoms with E-state index >= 15 is 0 Å². The number of hydrogen-bond acceptors (Lipinski definition) is 3.